The maximum atomic E-state index is 13.7. The summed E-state index contributed by atoms with van der Waals surface area (Å²) in [5.74, 6) is -0.838. The number of thiophene rings is 1. The summed E-state index contributed by atoms with van der Waals surface area (Å²) in [5.41, 5.74) is 1.20. The Hall–Kier alpha value is -3.46. The van der Waals surface area contributed by atoms with Crippen LogP contribution in [-0.2, 0) is 22.9 Å². The lowest BCUT2D eigenvalue weighted by molar-refractivity contribution is 0.0947. The van der Waals surface area contributed by atoms with Gasteiger partial charge < -0.3 is 10.2 Å². The third-order valence-electron chi connectivity index (χ3n) is 5.69. The summed E-state index contributed by atoms with van der Waals surface area (Å²) >= 11 is 7.67. The molecule has 176 valence electrons. The number of halogens is 1. The lowest BCUT2D eigenvalue weighted by Crippen LogP contribution is -2.31. The third kappa shape index (κ3) is 4.48. The summed E-state index contributed by atoms with van der Waals surface area (Å²) in [6.07, 6.45) is 0. The van der Waals surface area contributed by atoms with E-state index < -0.39 is 15.7 Å². The molecule has 0 unspecified atom stereocenters. The van der Waals surface area contributed by atoms with E-state index in [0.29, 0.717) is 11.6 Å². The Morgan fingerprint density at radius 2 is 1.77 bits per heavy atom. The molecular weight excluding hydrogens is 504 g/mol. The van der Waals surface area contributed by atoms with Crippen LogP contribution in [0.2, 0.25) is 5.02 Å². The lowest BCUT2D eigenvalue weighted by Gasteiger charge is -2.23. The summed E-state index contributed by atoms with van der Waals surface area (Å²) in [7, 11) is -4.01. The summed E-state index contributed by atoms with van der Waals surface area (Å²) < 4.78 is 27.2. The van der Waals surface area contributed by atoms with Crippen LogP contribution < -0.4 is 10.2 Å². The average Bonchev–Trinajstić information content (AvgIpc) is 3.37. The van der Waals surface area contributed by atoms with E-state index in [1.165, 1.54) is 46.6 Å². The van der Waals surface area contributed by atoms with Crippen molar-refractivity contribution in [2.45, 2.75) is 22.9 Å². The molecule has 0 fully saturated rings. The first-order chi connectivity index (χ1) is 16.8. The second-order valence-electron chi connectivity index (χ2n) is 7.97. The van der Waals surface area contributed by atoms with Gasteiger partial charge in [-0.25, -0.2) is 8.42 Å². The zero-order valence-electron chi connectivity index (χ0n) is 18.3. The molecule has 6 nitrogen and oxygen atoms in total. The molecule has 0 spiro atoms. The number of anilines is 1. The number of carbonyl (C=O) groups is 2. The van der Waals surface area contributed by atoms with Gasteiger partial charge in [-0.1, -0.05) is 41.9 Å². The molecule has 0 radical (unpaired) electrons. The summed E-state index contributed by atoms with van der Waals surface area (Å²) in [6.45, 7) is 0.430. The van der Waals surface area contributed by atoms with Crippen molar-refractivity contribution in [2.75, 3.05) is 4.90 Å². The highest BCUT2D eigenvalue weighted by Crippen LogP contribution is 2.38. The predicted octanol–water partition coefficient (Wildman–Crippen LogP) is 5.32. The van der Waals surface area contributed by atoms with Crippen molar-refractivity contribution in [3.8, 4) is 0 Å². The van der Waals surface area contributed by atoms with Gasteiger partial charge >= 0.3 is 0 Å². The van der Waals surface area contributed by atoms with Gasteiger partial charge in [0.05, 0.1) is 34.1 Å². The van der Waals surface area contributed by atoms with Crippen molar-refractivity contribution in [3.05, 3.63) is 111 Å². The highest BCUT2D eigenvalue weighted by atomic mass is 35.5. The summed E-state index contributed by atoms with van der Waals surface area (Å²) in [6, 6.07) is 21.3. The number of hydrogen-bond donors (Lipinski definition) is 1. The topological polar surface area (TPSA) is 83.6 Å². The Kier molecular flexibility index (Phi) is 6.19. The van der Waals surface area contributed by atoms with E-state index in [-0.39, 0.29) is 39.1 Å². The van der Waals surface area contributed by atoms with Crippen LogP contribution >= 0.6 is 22.9 Å². The van der Waals surface area contributed by atoms with E-state index in [1.807, 2.05) is 23.6 Å². The van der Waals surface area contributed by atoms with E-state index >= 15 is 0 Å². The van der Waals surface area contributed by atoms with Crippen LogP contribution in [0, 0.1) is 0 Å². The number of carbonyl (C=O) groups excluding carboxylic acids is 2. The van der Waals surface area contributed by atoms with Crippen LogP contribution in [0.4, 0.5) is 5.69 Å². The number of hydrogen-bond acceptors (Lipinski definition) is 5. The van der Waals surface area contributed by atoms with E-state index in [0.717, 1.165) is 10.4 Å². The highest BCUT2D eigenvalue weighted by Gasteiger charge is 2.36. The number of sulfone groups is 1. The minimum absolute atomic E-state index is 0.0346. The van der Waals surface area contributed by atoms with Gasteiger partial charge in [0.25, 0.3) is 11.8 Å². The minimum atomic E-state index is -4.01. The summed E-state index contributed by atoms with van der Waals surface area (Å²) in [5, 5.41) is 5.27. The number of rotatable bonds is 5. The van der Waals surface area contributed by atoms with Crippen molar-refractivity contribution in [3.63, 3.8) is 0 Å². The number of benzene rings is 3. The van der Waals surface area contributed by atoms with Crippen molar-refractivity contribution in [2.24, 2.45) is 0 Å². The molecule has 1 aliphatic heterocycles. The maximum Gasteiger partial charge on any atom is 0.259 e. The normalized spacial score (nSPS) is 14.1. The molecule has 2 heterocycles. The van der Waals surface area contributed by atoms with Gasteiger partial charge in [0.1, 0.15) is 0 Å². The van der Waals surface area contributed by atoms with Crippen molar-refractivity contribution < 1.29 is 18.0 Å². The van der Waals surface area contributed by atoms with Crippen LogP contribution in [0.25, 0.3) is 0 Å². The Bertz CT molecular complexity index is 1550. The molecule has 9 heteroatoms. The molecule has 5 rings (SSSR count). The molecule has 1 aromatic heterocycles. The van der Waals surface area contributed by atoms with Gasteiger partial charge in [0.2, 0.25) is 9.84 Å². The van der Waals surface area contributed by atoms with Gasteiger partial charge in [0.15, 0.2) is 0 Å². The molecule has 35 heavy (non-hydrogen) atoms. The van der Waals surface area contributed by atoms with E-state index in [1.54, 1.807) is 30.3 Å². The van der Waals surface area contributed by atoms with Gasteiger partial charge in [-0.05, 0) is 59.5 Å². The smallest absolute Gasteiger partial charge is 0.259 e. The monoisotopic (exact) mass is 522 g/mol. The molecule has 2 amide bonds. The lowest BCUT2D eigenvalue weighted by atomic mass is 10.1. The Morgan fingerprint density at radius 3 is 2.54 bits per heavy atom. The zero-order chi connectivity index (χ0) is 24.6. The van der Waals surface area contributed by atoms with Crippen LogP contribution in [0.5, 0.6) is 0 Å². The highest BCUT2D eigenvalue weighted by molar-refractivity contribution is 7.91. The average molecular weight is 523 g/mol. The molecule has 1 N–H and O–H groups in total. The van der Waals surface area contributed by atoms with Crippen LogP contribution in [0.3, 0.4) is 0 Å². The maximum absolute atomic E-state index is 13.7. The fourth-order valence-electron chi connectivity index (χ4n) is 4.01. The first kappa shape index (κ1) is 23.3. The number of nitrogens with zero attached hydrogens (tertiary/aromatic N) is 1. The molecular formula is C26H19ClN2O4S2. The number of nitrogens with one attached hydrogen (secondary N) is 1. The second-order valence-corrected chi connectivity index (χ2v) is 11.3. The van der Waals surface area contributed by atoms with Crippen LogP contribution in [-0.4, -0.2) is 20.2 Å². The Labute approximate surface area is 211 Å². The molecule has 0 atom stereocenters. The van der Waals surface area contributed by atoms with E-state index in [9.17, 15) is 18.0 Å². The van der Waals surface area contributed by atoms with Gasteiger partial charge in [-0.15, -0.1) is 11.3 Å². The van der Waals surface area contributed by atoms with Gasteiger partial charge in [-0.2, -0.15) is 0 Å². The van der Waals surface area contributed by atoms with Crippen LogP contribution in [0.15, 0.2) is 94.0 Å². The molecule has 0 aliphatic carbocycles. The molecule has 4 aromatic rings. The number of amides is 2. The SMILES string of the molecule is O=C(NCc1cccs1)c1ccc2c(c1)N(Cc1cccc(Cl)c1)C(=O)c1ccccc1S2(=O)=O. The zero-order valence-corrected chi connectivity index (χ0v) is 20.7. The third-order valence-corrected chi connectivity index (χ3v) is 8.66. The van der Waals surface area contributed by atoms with Crippen molar-refractivity contribution in [1.29, 1.82) is 0 Å². The van der Waals surface area contributed by atoms with E-state index in [4.69, 9.17) is 11.6 Å². The molecule has 0 saturated carbocycles. The molecule has 3 aromatic carbocycles. The molecule has 0 saturated heterocycles. The van der Waals surface area contributed by atoms with Crippen molar-refractivity contribution >= 4 is 50.3 Å². The molecule has 1 aliphatic rings. The predicted molar refractivity (Wildman–Crippen MR) is 136 cm³/mol. The van der Waals surface area contributed by atoms with Crippen LogP contribution in [0.1, 0.15) is 31.2 Å². The first-order valence-corrected chi connectivity index (χ1v) is 13.4. The van der Waals surface area contributed by atoms with Gasteiger partial charge in [-0.3, -0.25) is 9.59 Å². The minimum Gasteiger partial charge on any atom is -0.347 e. The Balaban J connectivity index is 1.61. The second kappa shape index (κ2) is 9.30. The first-order valence-electron chi connectivity index (χ1n) is 10.7. The molecule has 0 bridgehead atoms. The Morgan fingerprint density at radius 1 is 0.943 bits per heavy atom. The standard InChI is InChI=1S/C26H19ClN2O4S2/c27-19-6-3-5-17(13-19)16-29-22-14-18(25(30)28-15-20-7-4-12-34-20)10-11-24(22)35(32,33)23-9-2-1-8-21(23)26(29)31/h1-14H,15-16H2,(H,28,30). The fraction of sp³-hybridized carbons (Fsp3) is 0.0769. The van der Waals surface area contributed by atoms with E-state index in [2.05, 4.69) is 5.32 Å². The number of fused-ring (bicyclic) bond motifs is 2. The summed E-state index contributed by atoms with van der Waals surface area (Å²) in [4.78, 5) is 28.9. The van der Waals surface area contributed by atoms with Crippen molar-refractivity contribution in [1.82, 2.24) is 5.32 Å². The quantitative estimate of drug-likeness (QED) is 0.384. The van der Waals surface area contributed by atoms with Gasteiger partial charge in [0, 0.05) is 15.5 Å². The largest absolute Gasteiger partial charge is 0.347 e. The fourth-order valence-corrected chi connectivity index (χ4v) is 6.49.